The van der Waals surface area contributed by atoms with Crippen LogP contribution in [-0.4, -0.2) is 41.9 Å². The van der Waals surface area contributed by atoms with Crippen LogP contribution in [0.2, 0.25) is 0 Å². The number of aliphatic carboxylic acids is 1. The Hall–Kier alpha value is -4.66. The van der Waals surface area contributed by atoms with Crippen molar-refractivity contribution in [1.82, 2.24) is 5.32 Å². The summed E-state index contributed by atoms with van der Waals surface area (Å²) in [6, 6.07) is 21.2. The number of anilines is 3. The zero-order valence-corrected chi connectivity index (χ0v) is 21.1. The number of fused-ring (bicyclic) bond motifs is 1. The summed E-state index contributed by atoms with van der Waals surface area (Å²) >= 11 is 0. The van der Waals surface area contributed by atoms with Crippen LogP contribution in [0.25, 0.3) is 0 Å². The number of carbonyl (C=O) groups excluding carboxylic acids is 3. The van der Waals surface area contributed by atoms with Gasteiger partial charge in [0, 0.05) is 37.0 Å². The number of Topliss-reactive ketones (excluding diaryl/α,β-unsaturated/α-hetero) is 1. The minimum absolute atomic E-state index is 0.0125. The average molecular weight is 515 g/mol. The smallest absolute Gasteiger partial charge is 0.326 e. The lowest BCUT2D eigenvalue weighted by Crippen LogP contribution is -2.33. The molecule has 0 aromatic heterocycles. The Kier molecular flexibility index (Phi) is 8.37. The third-order valence-electron chi connectivity index (χ3n) is 6.30. The maximum atomic E-state index is 12.7. The molecule has 0 spiro atoms. The predicted octanol–water partition coefficient (Wildman–Crippen LogP) is 4.16. The van der Waals surface area contributed by atoms with Crippen molar-refractivity contribution in [2.75, 3.05) is 28.6 Å². The van der Waals surface area contributed by atoms with Crippen molar-refractivity contribution in [3.63, 3.8) is 0 Å². The normalized spacial score (nSPS) is 12.8. The maximum Gasteiger partial charge on any atom is 0.326 e. The first-order valence-corrected chi connectivity index (χ1v) is 12.4. The largest absolute Gasteiger partial charge is 0.481 e. The maximum absolute atomic E-state index is 12.7. The Bertz CT molecular complexity index is 1310. The molecule has 3 aromatic carbocycles. The molecule has 1 unspecified atom stereocenters. The molecule has 0 aliphatic carbocycles. The van der Waals surface area contributed by atoms with Gasteiger partial charge in [-0.2, -0.15) is 0 Å². The second-order valence-corrected chi connectivity index (χ2v) is 9.20. The van der Waals surface area contributed by atoms with Crippen molar-refractivity contribution < 1.29 is 24.3 Å². The van der Waals surface area contributed by atoms with Gasteiger partial charge in [0.05, 0.1) is 19.0 Å². The molecule has 0 fully saturated rings. The standard InChI is InChI=1S/C29H30N4O5/c1-19(34)31-26(17-28(36)37)21-8-12-23(13-9-21)30-18-25(35)16-20-6-10-24(11-7-20)32-29(38)33-15-14-22-4-2-3-5-27(22)33/h2-13,26,30H,14-18H2,1H3,(H,31,34)(H,32,38)(H,36,37). The molecule has 3 aromatic rings. The zero-order chi connectivity index (χ0) is 27.1. The summed E-state index contributed by atoms with van der Waals surface area (Å²) < 4.78 is 0. The Labute approximate surface area is 220 Å². The minimum Gasteiger partial charge on any atom is -0.481 e. The van der Waals surface area contributed by atoms with Crippen LogP contribution < -0.4 is 20.9 Å². The fourth-order valence-electron chi connectivity index (χ4n) is 4.44. The Morgan fingerprint density at radius 3 is 2.29 bits per heavy atom. The molecule has 196 valence electrons. The Morgan fingerprint density at radius 2 is 1.61 bits per heavy atom. The quantitative estimate of drug-likeness (QED) is 0.322. The lowest BCUT2D eigenvalue weighted by molar-refractivity contribution is -0.137. The highest BCUT2D eigenvalue weighted by Crippen LogP contribution is 2.28. The number of urea groups is 1. The van der Waals surface area contributed by atoms with E-state index in [-0.39, 0.29) is 37.1 Å². The number of rotatable bonds is 10. The molecule has 4 N–H and O–H groups in total. The molecule has 4 rings (SSSR count). The van der Waals surface area contributed by atoms with Crippen LogP contribution in [0.3, 0.4) is 0 Å². The number of para-hydroxylation sites is 1. The van der Waals surface area contributed by atoms with Gasteiger partial charge in [0.2, 0.25) is 5.91 Å². The highest BCUT2D eigenvalue weighted by molar-refractivity contribution is 6.03. The van der Waals surface area contributed by atoms with Gasteiger partial charge in [-0.05, 0) is 53.4 Å². The number of ketones is 1. The first-order chi connectivity index (χ1) is 18.3. The topological polar surface area (TPSA) is 128 Å². The first kappa shape index (κ1) is 26.4. The van der Waals surface area contributed by atoms with E-state index in [2.05, 4.69) is 16.0 Å². The van der Waals surface area contributed by atoms with Crippen molar-refractivity contribution in [1.29, 1.82) is 0 Å². The molecule has 0 radical (unpaired) electrons. The highest BCUT2D eigenvalue weighted by Gasteiger charge is 2.24. The molecular formula is C29H30N4O5. The van der Waals surface area contributed by atoms with Gasteiger partial charge in [-0.25, -0.2) is 4.79 Å². The van der Waals surface area contributed by atoms with Crippen LogP contribution in [0.1, 0.15) is 36.1 Å². The second kappa shape index (κ2) is 12.1. The molecule has 0 saturated heterocycles. The van der Waals surface area contributed by atoms with Gasteiger partial charge in [0.25, 0.3) is 0 Å². The summed E-state index contributed by atoms with van der Waals surface area (Å²) in [5.41, 5.74) is 4.97. The number of nitrogens with one attached hydrogen (secondary N) is 3. The average Bonchev–Trinajstić information content (AvgIpc) is 3.32. The number of hydrogen-bond acceptors (Lipinski definition) is 5. The van der Waals surface area contributed by atoms with Crippen molar-refractivity contribution in [3.05, 3.63) is 89.5 Å². The van der Waals surface area contributed by atoms with Crippen LogP contribution in [0.5, 0.6) is 0 Å². The van der Waals surface area contributed by atoms with Crippen molar-refractivity contribution >= 4 is 40.8 Å². The Balaban J connectivity index is 1.26. The van der Waals surface area contributed by atoms with E-state index >= 15 is 0 Å². The van der Waals surface area contributed by atoms with Gasteiger partial charge in [-0.15, -0.1) is 0 Å². The molecule has 3 amide bonds. The molecule has 1 atom stereocenters. The van der Waals surface area contributed by atoms with Crippen LogP contribution >= 0.6 is 0 Å². The van der Waals surface area contributed by atoms with E-state index in [9.17, 15) is 19.2 Å². The lowest BCUT2D eigenvalue weighted by atomic mass is 10.0. The first-order valence-electron chi connectivity index (χ1n) is 12.4. The van der Waals surface area contributed by atoms with E-state index < -0.39 is 12.0 Å². The Morgan fingerprint density at radius 1 is 0.921 bits per heavy atom. The van der Waals surface area contributed by atoms with Crippen molar-refractivity contribution in [2.24, 2.45) is 0 Å². The van der Waals surface area contributed by atoms with Gasteiger partial charge in [-0.1, -0.05) is 42.5 Å². The van der Waals surface area contributed by atoms with E-state index in [0.29, 0.717) is 23.5 Å². The van der Waals surface area contributed by atoms with Crippen LogP contribution in [0, 0.1) is 0 Å². The van der Waals surface area contributed by atoms with E-state index in [1.165, 1.54) is 6.92 Å². The summed E-state index contributed by atoms with van der Waals surface area (Å²) in [7, 11) is 0. The van der Waals surface area contributed by atoms with E-state index in [4.69, 9.17) is 5.11 Å². The molecule has 1 aliphatic rings. The number of benzene rings is 3. The molecule has 38 heavy (non-hydrogen) atoms. The SMILES string of the molecule is CC(=O)NC(CC(=O)O)c1ccc(NCC(=O)Cc2ccc(NC(=O)N3CCc4ccccc43)cc2)cc1. The summed E-state index contributed by atoms with van der Waals surface area (Å²) in [5.74, 6) is -1.33. The fraction of sp³-hybridized carbons (Fsp3) is 0.241. The monoisotopic (exact) mass is 514 g/mol. The van der Waals surface area contributed by atoms with Gasteiger partial charge in [-0.3, -0.25) is 19.3 Å². The molecular weight excluding hydrogens is 484 g/mol. The number of carboxylic acids is 1. The summed E-state index contributed by atoms with van der Waals surface area (Å²) in [6.45, 7) is 2.11. The van der Waals surface area contributed by atoms with Gasteiger partial charge < -0.3 is 21.1 Å². The molecule has 9 nitrogen and oxygen atoms in total. The van der Waals surface area contributed by atoms with Crippen LogP contribution in [-0.2, 0) is 27.2 Å². The van der Waals surface area contributed by atoms with Gasteiger partial charge >= 0.3 is 12.0 Å². The van der Waals surface area contributed by atoms with Gasteiger partial charge in [0.15, 0.2) is 5.78 Å². The lowest BCUT2D eigenvalue weighted by Gasteiger charge is -2.18. The van der Waals surface area contributed by atoms with Gasteiger partial charge in [0.1, 0.15) is 0 Å². The highest BCUT2D eigenvalue weighted by atomic mass is 16.4. The molecule has 1 aliphatic heterocycles. The van der Waals surface area contributed by atoms with Crippen LogP contribution in [0.4, 0.5) is 21.9 Å². The third-order valence-corrected chi connectivity index (χ3v) is 6.30. The number of nitrogens with zero attached hydrogens (tertiary/aromatic N) is 1. The summed E-state index contributed by atoms with van der Waals surface area (Å²) in [6.07, 6.45) is 0.854. The van der Waals surface area contributed by atoms with E-state index in [1.807, 2.05) is 36.4 Å². The number of hydrogen-bond donors (Lipinski definition) is 4. The number of carbonyl (C=O) groups is 4. The predicted molar refractivity (Wildman–Crippen MR) is 145 cm³/mol. The third kappa shape index (κ3) is 6.97. The van der Waals surface area contributed by atoms with Crippen LogP contribution in [0.15, 0.2) is 72.8 Å². The molecule has 1 heterocycles. The summed E-state index contributed by atoms with van der Waals surface area (Å²) in [5, 5.41) is 17.7. The molecule has 9 heteroatoms. The molecule has 0 saturated carbocycles. The van der Waals surface area contributed by atoms with Crippen molar-refractivity contribution in [2.45, 2.75) is 32.2 Å². The number of carboxylic acid groups (broad SMARTS) is 1. The summed E-state index contributed by atoms with van der Waals surface area (Å²) in [4.78, 5) is 49.4. The van der Waals surface area contributed by atoms with E-state index in [0.717, 1.165) is 23.2 Å². The molecule has 0 bridgehead atoms. The van der Waals surface area contributed by atoms with E-state index in [1.54, 1.807) is 41.3 Å². The number of amides is 3. The fourth-order valence-corrected chi connectivity index (χ4v) is 4.44. The van der Waals surface area contributed by atoms with Crippen molar-refractivity contribution in [3.8, 4) is 0 Å². The zero-order valence-electron chi connectivity index (χ0n) is 21.1. The second-order valence-electron chi connectivity index (χ2n) is 9.20. The minimum atomic E-state index is -1.01.